The van der Waals surface area contributed by atoms with E-state index in [1.807, 2.05) is 36.4 Å². The van der Waals surface area contributed by atoms with Crippen molar-refractivity contribution in [2.24, 2.45) is 0 Å². The number of nitrogen functional groups attached to an aromatic ring is 2. The molecule has 4 N–H and O–H groups in total. The summed E-state index contributed by atoms with van der Waals surface area (Å²) in [4.78, 5) is 2.54. The first-order chi connectivity index (χ1) is 11.2. The lowest BCUT2D eigenvalue weighted by molar-refractivity contribution is 0.174. The predicted octanol–water partition coefficient (Wildman–Crippen LogP) is 2.94. The van der Waals surface area contributed by atoms with Crippen LogP contribution >= 0.6 is 0 Å². The highest BCUT2D eigenvalue weighted by Crippen LogP contribution is 2.20. The third-order valence-corrected chi connectivity index (χ3v) is 4.49. The first-order valence-electron chi connectivity index (χ1n) is 8.27. The summed E-state index contributed by atoms with van der Waals surface area (Å²) in [6, 6.07) is 16.3. The van der Waals surface area contributed by atoms with Crippen LogP contribution in [0.25, 0.3) is 0 Å². The highest BCUT2D eigenvalue weighted by Gasteiger charge is 2.24. The molecule has 0 saturated carbocycles. The van der Waals surface area contributed by atoms with Crippen LogP contribution in [0.15, 0.2) is 48.5 Å². The first kappa shape index (κ1) is 15.7. The molecule has 0 amide bonds. The summed E-state index contributed by atoms with van der Waals surface area (Å²) in [6.07, 6.45) is 3.51. The predicted molar refractivity (Wildman–Crippen MR) is 95.5 cm³/mol. The Morgan fingerprint density at radius 2 is 1.61 bits per heavy atom. The van der Waals surface area contributed by atoms with Crippen molar-refractivity contribution in [1.82, 2.24) is 4.90 Å². The Morgan fingerprint density at radius 3 is 2.30 bits per heavy atom. The van der Waals surface area contributed by atoms with Crippen LogP contribution in [0.2, 0.25) is 0 Å². The second kappa shape index (κ2) is 7.38. The molecule has 1 atom stereocenters. The van der Waals surface area contributed by atoms with Gasteiger partial charge < -0.3 is 16.2 Å². The Kier molecular flexibility index (Phi) is 5.03. The van der Waals surface area contributed by atoms with Crippen molar-refractivity contribution in [2.45, 2.75) is 25.3 Å². The van der Waals surface area contributed by atoms with Crippen molar-refractivity contribution in [3.05, 3.63) is 54.1 Å². The molecule has 122 valence electrons. The molecule has 2 aromatic rings. The monoisotopic (exact) mass is 311 g/mol. The number of hydrogen-bond donors (Lipinski definition) is 2. The molecule has 0 radical (unpaired) electrons. The zero-order valence-electron chi connectivity index (χ0n) is 13.4. The summed E-state index contributed by atoms with van der Waals surface area (Å²) in [5.41, 5.74) is 14.4. The Morgan fingerprint density at radius 1 is 0.957 bits per heavy atom. The third kappa shape index (κ3) is 4.39. The summed E-state index contributed by atoms with van der Waals surface area (Å²) < 4.78 is 5.93. The minimum Gasteiger partial charge on any atom is -0.492 e. The van der Waals surface area contributed by atoms with Crippen molar-refractivity contribution in [3.63, 3.8) is 0 Å². The average molecular weight is 311 g/mol. The molecule has 1 fully saturated rings. The molecule has 1 unspecified atom stereocenters. The SMILES string of the molecule is Nc1ccc(CCN2CCCC2COc2ccc(N)cc2)cc1. The second-order valence-corrected chi connectivity index (χ2v) is 6.20. The molecule has 2 aromatic carbocycles. The maximum Gasteiger partial charge on any atom is 0.119 e. The topological polar surface area (TPSA) is 64.5 Å². The van der Waals surface area contributed by atoms with Crippen molar-refractivity contribution in [1.29, 1.82) is 0 Å². The van der Waals surface area contributed by atoms with Gasteiger partial charge in [0.15, 0.2) is 0 Å². The van der Waals surface area contributed by atoms with Gasteiger partial charge in [0.1, 0.15) is 12.4 Å². The van der Waals surface area contributed by atoms with Crippen LogP contribution in [-0.2, 0) is 6.42 Å². The molecule has 1 saturated heterocycles. The number of likely N-dealkylation sites (tertiary alicyclic amines) is 1. The van der Waals surface area contributed by atoms with Crippen LogP contribution in [0.1, 0.15) is 18.4 Å². The number of nitrogens with two attached hydrogens (primary N) is 2. The molecule has 0 spiro atoms. The van der Waals surface area contributed by atoms with Gasteiger partial charge in [-0.3, -0.25) is 4.90 Å². The molecule has 23 heavy (non-hydrogen) atoms. The minimum atomic E-state index is 0.501. The minimum absolute atomic E-state index is 0.501. The van der Waals surface area contributed by atoms with Gasteiger partial charge >= 0.3 is 0 Å². The highest BCUT2D eigenvalue weighted by atomic mass is 16.5. The van der Waals surface area contributed by atoms with Gasteiger partial charge in [0.25, 0.3) is 0 Å². The summed E-state index contributed by atoms with van der Waals surface area (Å²) in [5, 5.41) is 0. The number of rotatable bonds is 6. The van der Waals surface area contributed by atoms with Gasteiger partial charge in [-0.05, 0) is 67.8 Å². The van der Waals surface area contributed by atoms with Crippen LogP contribution in [-0.4, -0.2) is 30.6 Å². The van der Waals surface area contributed by atoms with Crippen LogP contribution in [0.4, 0.5) is 11.4 Å². The van der Waals surface area contributed by atoms with Crippen LogP contribution < -0.4 is 16.2 Å². The van der Waals surface area contributed by atoms with Crippen molar-refractivity contribution in [2.75, 3.05) is 31.2 Å². The lowest BCUT2D eigenvalue weighted by atomic mass is 10.1. The quantitative estimate of drug-likeness (QED) is 0.805. The Hall–Kier alpha value is -2.20. The lowest BCUT2D eigenvalue weighted by Gasteiger charge is -2.24. The van der Waals surface area contributed by atoms with E-state index in [1.54, 1.807) is 0 Å². The normalized spacial score (nSPS) is 18.2. The summed E-state index contributed by atoms with van der Waals surface area (Å²) in [7, 11) is 0. The van der Waals surface area contributed by atoms with Gasteiger partial charge in [0.05, 0.1) is 0 Å². The van der Waals surface area contributed by atoms with Crippen LogP contribution in [0, 0.1) is 0 Å². The fourth-order valence-corrected chi connectivity index (χ4v) is 3.09. The largest absolute Gasteiger partial charge is 0.492 e. The summed E-state index contributed by atoms with van der Waals surface area (Å²) >= 11 is 0. The van der Waals surface area contributed by atoms with Crippen LogP contribution in [0.3, 0.4) is 0 Å². The number of ether oxygens (including phenoxy) is 1. The van der Waals surface area contributed by atoms with E-state index in [4.69, 9.17) is 16.2 Å². The standard InChI is InChI=1S/C19H25N3O/c20-16-5-3-15(4-6-16)11-13-22-12-1-2-18(22)14-23-19-9-7-17(21)8-10-19/h3-10,18H,1-2,11-14,20-21H2. The number of anilines is 2. The van der Waals surface area contributed by atoms with Gasteiger partial charge in [-0.2, -0.15) is 0 Å². The third-order valence-electron chi connectivity index (χ3n) is 4.49. The van der Waals surface area contributed by atoms with E-state index in [-0.39, 0.29) is 0 Å². The van der Waals surface area contributed by atoms with E-state index >= 15 is 0 Å². The summed E-state index contributed by atoms with van der Waals surface area (Å²) in [6.45, 7) is 2.97. The lowest BCUT2D eigenvalue weighted by Crippen LogP contribution is -2.35. The first-order valence-corrected chi connectivity index (χ1v) is 8.27. The van der Waals surface area contributed by atoms with Crippen molar-refractivity contribution >= 4 is 11.4 Å². The van der Waals surface area contributed by atoms with E-state index < -0.39 is 0 Å². The second-order valence-electron chi connectivity index (χ2n) is 6.20. The van der Waals surface area contributed by atoms with E-state index in [0.717, 1.165) is 43.2 Å². The number of nitrogens with zero attached hydrogens (tertiary/aromatic N) is 1. The zero-order valence-corrected chi connectivity index (χ0v) is 13.4. The molecule has 4 heteroatoms. The molecule has 1 heterocycles. The highest BCUT2D eigenvalue weighted by molar-refractivity contribution is 5.41. The molecule has 0 aliphatic carbocycles. The average Bonchev–Trinajstić information content (AvgIpc) is 3.01. The van der Waals surface area contributed by atoms with Crippen molar-refractivity contribution < 1.29 is 4.74 Å². The Labute approximate surface area is 138 Å². The zero-order chi connectivity index (χ0) is 16.1. The molecule has 3 rings (SSSR count). The summed E-state index contributed by atoms with van der Waals surface area (Å²) in [5.74, 6) is 0.893. The maximum absolute atomic E-state index is 5.93. The molecular formula is C19H25N3O. The number of benzene rings is 2. The molecule has 0 bridgehead atoms. The van der Waals surface area contributed by atoms with Gasteiger partial charge in [0, 0.05) is 24.0 Å². The smallest absolute Gasteiger partial charge is 0.119 e. The fourth-order valence-electron chi connectivity index (χ4n) is 3.09. The molecule has 4 nitrogen and oxygen atoms in total. The number of hydrogen-bond acceptors (Lipinski definition) is 4. The molecule has 0 aromatic heterocycles. The Bertz CT molecular complexity index is 554. The molecular weight excluding hydrogens is 286 g/mol. The van der Waals surface area contributed by atoms with Crippen LogP contribution in [0.5, 0.6) is 5.75 Å². The Balaban J connectivity index is 1.49. The van der Waals surface area contributed by atoms with Gasteiger partial charge in [-0.15, -0.1) is 0 Å². The maximum atomic E-state index is 5.93. The van der Waals surface area contributed by atoms with Gasteiger partial charge in [-0.1, -0.05) is 12.1 Å². The van der Waals surface area contributed by atoms with Gasteiger partial charge in [-0.25, -0.2) is 0 Å². The molecule has 1 aliphatic rings. The van der Waals surface area contributed by atoms with E-state index in [2.05, 4.69) is 17.0 Å². The van der Waals surface area contributed by atoms with Gasteiger partial charge in [0.2, 0.25) is 0 Å². The van der Waals surface area contributed by atoms with E-state index in [0.29, 0.717) is 6.04 Å². The van der Waals surface area contributed by atoms with E-state index in [1.165, 1.54) is 18.4 Å². The van der Waals surface area contributed by atoms with Crippen molar-refractivity contribution in [3.8, 4) is 5.75 Å². The molecule has 1 aliphatic heterocycles. The van der Waals surface area contributed by atoms with E-state index in [9.17, 15) is 0 Å². The fraction of sp³-hybridized carbons (Fsp3) is 0.368.